The summed E-state index contributed by atoms with van der Waals surface area (Å²) in [7, 11) is 0. The van der Waals surface area contributed by atoms with Crippen molar-refractivity contribution >= 4 is 0 Å². The topological polar surface area (TPSA) is 51.4 Å². The van der Waals surface area contributed by atoms with Crippen molar-refractivity contribution < 1.29 is 9.37 Å². The fourth-order valence-corrected chi connectivity index (χ4v) is 2.32. The normalized spacial score (nSPS) is 20.6. The number of ether oxygens (including phenoxy) is 1. The average molecular weight is 259 g/mol. The summed E-state index contributed by atoms with van der Waals surface area (Å²) in [6.45, 7) is 5.21. The summed E-state index contributed by atoms with van der Waals surface area (Å²) in [5.41, 5.74) is 3.00. The van der Waals surface area contributed by atoms with Gasteiger partial charge in [-0.25, -0.2) is 4.63 Å². The van der Waals surface area contributed by atoms with Crippen LogP contribution in [0.2, 0.25) is 0 Å². The molecule has 2 heterocycles. The van der Waals surface area contributed by atoms with E-state index in [1.807, 2.05) is 25.1 Å². The van der Waals surface area contributed by atoms with Gasteiger partial charge in [0.2, 0.25) is 0 Å². The molecule has 0 aliphatic carbocycles. The summed E-state index contributed by atoms with van der Waals surface area (Å²) in [5.74, 6) is 0. The van der Waals surface area contributed by atoms with Gasteiger partial charge < -0.3 is 4.74 Å². The van der Waals surface area contributed by atoms with Crippen molar-refractivity contribution in [3.63, 3.8) is 0 Å². The van der Waals surface area contributed by atoms with Gasteiger partial charge in [-0.1, -0.05) is 40.6 Å². The first-order chi connectivity index (χ1) is 9.33. The van der Waals surface area contributed by atoms with Gasteiger partial charge in [0.15, 0.2) is 0 Å². The monoisotopic (exact) mass is 259 g/mol. The molecule has 0 spiro atoms. The largest absolute Gasteiger partial charge is 0.371 e. The van der Waals surface area contributed by atoms with E-state index in [0.29, 0.717) is 0 Å². The zero-order valence-corrected chi connectivity index (χ0v) is 11.0. The van der Waals surface area contributed by atoms with Crippen molar-refractivity contribution in [2.75, 3.05) is 19.7 Å². The van der Waals surface area contributed by atoms with E-state index < -0.39 is 0 Å². The molecule has 1 fully saturated rings. The molecular formula is C14H17N3O2. The Labute approximate surface area is 112 Å². The molecule has 0 bridgehead atoms. The molecule has 1 saturated heterocycles. The van der Waals surface area contributed by atoms with E-state index in [4.69, 9.17) is 9.37 Å². The summed E-state index contributed by atoms with van der Waals surface area (Å²) in [5, 5.41) is 7.75. The third-order valence-electron chi connectivity index (χ3n) is 3.44. The molecule has 2 aromatic rings. The van der Waals surface area contributed by atoms with Gasteiger partial charge in [0.05, 0.1) is 12.7 Å². The average Bonchev–Trinajstić information content (AvgIpc) is 2.86. The molecule has 1 aromatic heterocycles. The molecule has 19 heavy (non-hydrogen) atoms. The lowest BCUT2D eigenvalue weighted by Crippen LogP contribution is -2.38. The highest BCUT2D eigenvalue weighted by molar-refractivity contribution is 5.18. The van der Waals surface area contributed by atoms with Gasteiger partial charge in [-0.05, 0) is 12.5 Å². The Morgan fingerprint density at radius 3 is 2.84 bits per heavy atom. The molecule has 0 amide bonds. The predicted molar refractivity (Wildman–Crippen MR) is 69.4 cm³/mol. The molecule has 1 aliphatic rings. The second kappa shape index (κ2) is 5.50. The van der Waals surface area contributed by atoms with Crippen molar-refractivity contribution in [1.82, 2.24) is 15.2 Å². The van der Waals surface area contributed by atoms with Crippen LogP contribution in [0.25, 0.3) is 0 Å². The Balaban J connectivity index is 1.67. The molecule has 100 valence electrons. The lowest BCUT2D eigenvalue weighted by molar-refractivity contribution is -0.0335. The molecule has 1 atom stereocenters. The number of morpholine rings is 1. The van der Waals surface area contributed by atoms with Crippen LogP contribution in [0, 0.1) is 6.92 Å². The van der Waals surface area contributed by atoms with Gasteiger partial charge in [-0.3, -0.25) is 4.90 Å². The van der Waals surface area contributed by atoms with E-state index in [0.717, 1.165) is 37.6 Å². The van der Waals surface area contributed by atoms with Crippen LogP contribution < -0.4 is 0 Å². The van der Waals surface area contributed by atoms with Gasteiger partial charge in [-0.15, -0.1) is 0 Å². The summed E-state index contributed by atoms with van der Waals surface area (Å²) < 4.78 is 10.6. The highest BCUT2D eigenvalue weighted by Gasteiger charge is 2.23. The van der Waals surface area contributed by atoms with E-state index in [1.165, 1.54) is 5.56 Å². The number of aromatic nitrogens is 2. The number of aryl methyl sites for hydroxylation is 1. The zero-order chi connectivity index (χ0) is 13.1. The van der Waals surface area contributed by atoms with Crippen molar-refractivity contribution in [2.45, 2.75) is 19.6 Å². The molecule has 0 N–H and O–H groups in total. The Bertz CT molecular complexity index is 526. The molecule has 5 nitrogen and oxygen atoms in total. The second-order valence-corrected chi connectivity index (χ2v) is 4.80. The summed E-state index contributed by atoms with van der Waals surface area (Å²) >= 11 is 0. The molecule has 0 saturated carbocycles. The van der Waals surface area contributed by atoms with Crippen molar-refractivity contribution in [1.29, 1.82) is 0 Å². The van der Waals surface area contributed by atoms with Crippen LogP contribution in [0.3, 0.4) is 0 Å². The summed E-state index contributed by atoms with van der Waals surface area (Å²) in [6, 6.07) is 10.3. The Hall–Kier alpha value is -1.72. The SMILES string of the molecule is Cc1nonc1CN1CCOC(c2ccccc2)C1. The maximum Gasteiger partial charge on any atom is 0.122 e. The lowest BCUT2D eigenvalue weighted by Gasteiger charge is -2.32. The predicted octanol–water partition coefficient (Wildman–Crippen LogP) is 1.95. The zero-order valence-electron chi connectivity index (χ0n) is 11.0. The first-order valence-electron chi connectivity index (χ1n) is 6.50. The quantitative estimate of drug-likeness (QED) is 0.843. The molecule has 1 unspecified atom stereocenters. The molecule has 1 aromatic carbocycles. The fraction of sp³-hybridized carbons (Fsp3) is 0.429. The maximum atomic E-state index is 5.84. The third kappa shape index (κ3) is 2.83. The van der Waals surface area contributed by atoms with E-state index in [9.17, 15) is 0 Å². The van der Waals surface area contributed by atoms with Crippen LogP contribution in [-0.4, -0.2) is 34.9 Å². The minimum absolute atomic E-state index is 0.134. The highest BCUT2D eigenvalue weighted by atomic mass is 16.6. The van der Waals surface area contributed by atoms with E-state index in [-0.39, 0.29) is 6.10 Å². The number of benzene rings is 1. The molecule has 1 aliphatic heterocycles. The second-order valence-electron chi connectivity index (χ2n) is 4.80. The van der Waals surface area contributed by atoms with Crippen LogP contribution >= 0.6 is 0 Å². The fourth-order valence-electron chi connectivity index (χ4n) is 2.32. The van der Waals surface area contributed by atoms with Crippen molar-refractivity contribution in [3.05, 3.63) is 47.3 Å². The van der Waals surface area contributed by atoms with Gasteiger partial charge in [-0.2, -0.15) is 0 Å². The highest BCUT2D eigenvalue weighted by Crippen LogP contribution is 2.22. The first-order valence-corrected chi connectivity index (χ1v) is 6.50. The molecule has 5 heteroatoms. The van der Waals surface area contributed by atoms with E-state index in [1.54, 1.807) is 0 Å². The molecular weight excluding hydrogens is 242 g/mol. The first kappa shape index (κ1) is 12.3. The standard InChI is InChI=1S/C14H17N3O2/c1-11-13(16-19-15-11)9-17-7-8-18-14(10-17)12-5-3-2-4-6-12/h2-6,14H,7-10H2,1H3. The molecule has 3 rings (SSSR count). The summed E-state index contributed by atoms with van der Waals surface area (Å²) in [6.07, 6.45) is 0.134. The van der Waals surface area contributed by atoms with Crippen LogP contribution in [0.15, 0.2) is 35.0 Å². The Morgan fingerprint density at radius 2 is 2.11 bits per heavy atom. The lowest BCUT2D eigenvalue weighted by atomic mass is 10.1. The maximum absolute atomic E-state index is 5.84. The van der Waals surface area contributed by atoms with E-state index in [2.05, 4.69) is 27.3 Å². The van der Waals surface area contributed by atoms with Crippen LogP contribution in [0.1, 0.15) is 23.1 Å². The minimum Gasteiger partial charge on any atom is -0.371 e. The van der Waals surface area contributed by atoms with Crippen LogP contribution in [0.4, 0.5) is 0 Å². The van der Waals surface area contributed by atoms with Crippen molar-refractivity contribution in [2.24, 2.45) is 0 Å². The Kier molecular flexibility index (Phi) is 3.57. The smallest absolute Gasteiger partial charge is 0.122 e. The number of hydrogen-bond acceptors (Lipinski definition) is 5. The third-order valence-corrected chi connectivity index (χ3v) is 3.44. The molecule has 0 radical (unpaired) electrons. The minimum atomic E-state index is 0.134. The van der Waals surface area contributed by atoms with Gasteiger partial charge in [0.1, 0.15) is 11.4 Å². The number of hydrogen-bond donors (Lipinski definition) is 0. The van der Waals surface area contributed by atoms with Gasteiger partial charge >= 0.3 is 0 Å². The van der Waals surface area contributed by atoms with Gasteiger partial charge in [0, 0.05) is 19.6 Å². The van der Waals surface area contributed by atoms with Gasteiger partial charge in [0.25, 0.3) is 0 Å². The number of nitrogens with zero attached hydrogens (tertiary/aromatic N) is 3. The van der Waals surface area contributed by atoms with Crippen LogP contribution in [-0.2, 0) is 11.3 Å². The number of rotatable bonds is 3. The Morgan fingerprint density at radius 1 is 1.26 bits per heavy atom. The van der Waals surface area contributed by atoms with E-state index >= 15 is 0 Å². The van der Waals surface area contributed by atoms with Crippen LogP contribution in [0.5, 0.6) is 0 Å². The summed E-state index contributed by atoms with van der Waals surface area (Å²) in [4.78, 5) is 2.33. The van der Waals surface area contributed by atoms with Crippen molar-refractivity contribution in [3.8, 4) is 0 Å².